The van der Waals surface area contributed by atoms with Gasteiger partial charge in [-0.1, -0.05) is 41.6 Å². The topological polar surface area (TPSA) is 446 Å². The molecular formula is C99H104B2Br2F3N21O11. The number of nitrogens with two attached hydrogens (primary N) is 4. The number of pyridine rings is 3. The predicted molar refractivity (Wildman–Crippen MR) is 534 cm³/mol. The number of rotatable bonds is 21. The average molecular weight is 2000 g/mol. The molecule has 0 atom stereocenters. The van der Waals surface area contributed by atoms with Crippen LogP contribution in [0.5, 0.6) is 0 Å². The van der Waals surface area contributed by atoms with Crippen molar-refractivity contribution in [3.63, 3.8) is 0 Å². The highest BCUT2D eigenvalue weighted by Crippen LogP contribution is 2.44. The fourth-order valence-electron chi connectivity index (χ4n) is 14.4. The fraction of sp³-hybridized carbons (Fsp3) is 0.263. The molecule has 16 aromatic rings. The molecule has 10 aromatic heterocycles. The van der Waals surface area contributed by atoms with Gasteiger partial charge in [0.1, 0.15) is 53.9 Å². The lowest BCUT2D eigenvalue weighted by Gasteiger charge is -2.32. The quantitative estimate of drug-likeness (QED) is 0.0221. The van der Waals surface area contributed by atoms with E-state index in [1.807, 2.05) is 161 Å². The van der Waals surface area contributed by atoms with Crippen LogP contribution in [0.15, 0.2) is 219 Å². The number of esters is 2. The van der Waals surface area contributed by atoms with Gasteiger partial charge in [0.15, 0.2) is 0 Å². The van der Waals surface area contributed by atoms with Gasteiger partial charge in [-0.15, -0.1) is 0 Å². The summed E-state index contributed by atoms with van der Waals surface area (Å²) in [5, 5.41) is 30.8. The van der Waals surface area contributed by atoms with Gasteiger partial charge in [-0.05, 0) is 236 Å². The Morgan fingerprint density at radius 1 is 0.435 bits per heavy atom. The molecule has 0 bridgehead atoms. The van der Waals surface area contributed by atoms with Crippen molar-refractivity contribution in [1.82, 2.24) is 84.4 Å². The Bertz CT molecular complexity index is 7010. The zero-order chi connectivity index (χ0) is 98.4. The highest BCUT2D eigenvalue weighted by molar-refractivity contribution is 9.10. The molecule has 32 nitrogen and oxygen atoms in total. The number of halogens is 5. The summed E-state index contributed by atoms with van der Waals surface area (Å²) in [7, 11) is 2.00. The second kappa shape index (κ2) is 44.6. The van der Waals surface area contributed by atoms with Crippen LogP contribution in [0.2, 0.25) is 0 Å². The first kappa shape index (κ1) is 103. The lowest BCUT2D eigenvalue weighted by atomic mass is 9.82. The summed E-state index contributed by atoms with van der Waals surface area (Å²) in [6, 6.07) is 42.2. The number of hydrogen-bond donors (Lipinski definition) is 6. The number of ether oxygens (including phenoxy) is 2. The first-order valence-electron chi connectivity index (χ1n) is 43.3. The normalized spacial score (nSPS) is 13.5. The van der Waals surface area contributed by atoms with Crippen molar-refractivity contribution in [2.24, 2.45) is 5.73 Å². The molecule has 10 N–H and O–H groups in total. The third-order valence-electron chi connectivity index (χ3n) is 23.4. The Balaban J connectivity index is 0.000000157. The van der Waals surface area contributed by atoms with Crippen LogP contribution >= 0.6 is 31.9 Å². The summed E-state index contributed by atoms with van der Waals surface area (Å²) in [6.45, 7) is 23.2. The van der Waals surface area contributed by atoms with Crippen molar-refractivity contribution >= 4 is 131 Å². The number of nitrogens with one attached hydrogen (secondary N) is 1. The molecule has 0 spiro atoms. The number of carbonyl (C=O) groups excluding carboxylic acids is 3. The van der Waals surface area contributed by atoms with Gasteiger partial charge < -0.3 is 56.1 Å². The highest BCUT2D eigenvalue weighted by Gasteiger charge is 2.53. The number of alkyl halides is 1. The van der Waals surface area contributed by atoms with E-state index >= 15 is 0 Å². The van der Waals surface area contributed by atoms with Crippen molar-refractivity contribution in [3.8, 4) is 89.4 Å². The number of benzene rings is 6. The second-order valence-electron chi connectivity index (χ2n) is 33.9. The van der Waals surface area contributed by atoms with E-state index in [1.165, 1.54) is 50.6 Å². The van der Waals surface area contributed by atoms with Gasteiger partial charge in [-0.3, -0.25) is 38.3 Å². The number of amides is 1. The number of anilines is 3. The predicted octanol–water partition coefficient (Wildman–Crippen LogP) is 17.0. The van der Waals surface area contributed by atoms with Crippen LogP contribution in [0.1, 0.15) is 106 Å². The molecule has 2 fully saturated rings. The molecule has 39 heteroatoms. The van der Waals surface area contributed by atoms with Gasteiger partial charge in [-0.25, -0.2) is 58.0 Å². The number of aliphatic carboxylic acids is 1. The number of methoxy groups -OCH3 is 2. The molecular weight excluding hydrogens is 1900 g/mol. The number of aromatic amines is 1. The largest absolute Gasteiger partial charge is 0.498 e. The SMILES string of the molecule is C.CC1(C)OB(c2cn[nH]c2)OC1(C)C.COC(=O)CCn1cc(-c2cc(-c3ccc4ncnc(C)c4c3)c(-c3ccc(F)cc3)nc2N)cn1.COC(=O)CCn1cc(B2OC(C)(C)C(C)(C)O2)cn1.Cc1ncnc2ccc(-c3cc(-c4cnn(CCC(N)=O)c4)c(N)nc3-c3ccc(F)cc3)cc12.Cc1ncnc2ccc(-c3cc(Br)c(N)nc3-c3ccc(F)cc3)cc12.O=C(O)CCBr. The number of nitrogens with zero attached hydrogens (tertiary/aromatic N) is 16. The van der Waals surface area contributed by atoms with E-state index in [2.05, 4.69) is 97.0 Å². The maximum absolute atomic E-state index is 13.7. The minimum absolute atomic E-state index is 0. The smallest absolute Gasteiger partial charge is 0.481 e. The summed E-state index contributed by atoms with van der Waals surface area (Å²) in [4.78, 5) is 83.2. The summed E-state index contributed by atoms with van der Waals surface area (Å²) in [5.41, 5.74) is 42.1. The number of carboxylic acid groups (broad SMARTS) is 1. The van der Waals surface area contributed by atoms with Gasteiger partial charge in [-0.2, -0.15) is 20.4 Å². The Hall–Kier alpha value is -14.4. The number of fused-ring (bicyclic) bond motifs is 3. The number of nitrogen functional groups attached to an aromatic ring is 3. The first-order chi connectivity index (χ1) is 65.3. The number of H-pyrrole nitrogens is 1. The molecule has 6 aromatic carbocycles. The molecule has 0 aliphatic carbocycles. The van der Waals surface area contributed by atoms with Crippen LogP contribution in [0, 0.1) is 38.2 Å². The Morgan fingerprint density at radius 2 is 0.775 bits per heavy atom. The average Bonchev–Trinajstić information content (AvgIpc) is 1.70. The Morgan fingerprint density at radius 3 is 1.12 bits per heavy atom. The van der Waals surface area contributed by atoms with E-state index in [0.29, 0.717) is 81.5 Å². The van der Waals surface area contributed by atoms with Gasteiger partial charge in [0.2, 0.25) is 5.91 Å². The lowest BCUT2D eigenvalue weighted by Crippen LogP contribution is -2.41. The van der Waals surface area contributed by atoms with Crippen molar-refractivity contribution in [3.05, 3.63) is 253 Å². The van der Waals surface area contributed by atoms with E-state index in [9.17, 15) is 32.3 Å². The first-order valence-corrected chi connectivity index (χ1v) is 45.2. The molecule has 0 unspecified atom stereocenters. The molecule has 0 saturated carbocycles. The molecule has 2 saturated heterocycles. The van der Waals surface area contributed by atoms with E-state index < -0.39 is 19.0 Å². The number of aromatic nitrogens is 17. The van der Waals surface area contributed by atoms with Crippen molar-refractivity contribution in [2.75, 3.05) is 36.8 Å². The van der Waals surface area contributed by atoms with Crippen LogP contribution in [-0.4, -0.2) is 170 Å². The lowest BCUT2D eigenvalue weighted by molar-refractivity contribution is -0.141. The van der Waals surface area contributed by atoms with E-state index in [1.54, 1.807) is 107 Å². The minimum Gasteiger partial charge on any atom is -0.481 e. The molecule has 1 amide bonds. The molecule has 138 heavy (non-hydrogen) atoms. The fourth-order valence-corrected chi connectivity index (χ4v) is 15.0. The van der Waals surface area contributed by atoms with Crippen LogP contribution in [0.4, 0.5) is 30.6 Å². The number of hydrogen-bond acceptors (Lipinski definition) is 26. The molecule has 2 aliphatic rings. The van der Waals surface area contributed by atoms with Gasteiger partial charge in [0, 0.05) is 155 Å². The second-order valence-corrected chi connectivity index (χ2v) is 35.6. The van der Waals surface area contributed by atoms with Crippen molar-refractivity contribution in [1.29, 1.82) is 0 Å². The van der Waals surface area contributed by atoms with Gasteiger partial charge >= 0.3 is 32.1 Å². The van der Waals surface area contributed by atoms with Gasteiger partial charge in [0.25, 0.3) is 0 Å². The maximum atomic E-state index is 13.7. The van der Waals surface area contributed by atoms with Crippen LogP contribution in [-0.2, 0) is 66.9 Å². The standard InChI is InChI=1S/C27H23FN6O2.C26H22FN7O.C20H14BrFN4.C13H21BN2O4.C9H15BN2O2.C3H5BrO2.CH4/c1-16-21-11-18(5-8-24(21)31-15-30-16)22-12-23(19-13-32-34(14-19)10-9-25(35)36-2)27(29)33-26(22)17-3-6-20(28)7-4-17;1-15-20-10-17(4-7-23(20)31-14-30-15)21-11-22(18-12-32-34(13-18)9-8-24(28)35)26(29)33-25(21)16-2-5-19(27)6-3-16;1-11-15-8-13(4-7-18(15)25-10-24-11)16-9-17(21)20(23)26-19(16)12-2-5-14(22)6-3-12;1-12(2)13(3,4)20-14(19-12)10-8-15-16(9-10)7-6-11(17)18-5;1-8(2)9(3,4)14-10(13-8)7-5-11-12-6-7;4-2-1-3(5)6;/h3-8,11-15H,9-10H2,1-2H3,(H2,29,33);2-7,10-14H,8-9H2,1H3,(H2,28,35)(H2,29,33);2-10H,1H3,(H2,23,26);8-9H,6-7H2,1-5H3;5-6H,1-4H3,(H,11,12);1-2H2,(H,5,6);1H4. The zero-order valence-electron chi connectivity index (χ0n) is 77.4. The number of primary amides is 1. The van der Waals surface area contributed by atoms with E-state index in [0.717, 1.165) is 122 Å². The third kappa shape index (κ3) is 24.9. The van der Waals surface area contributed by atoms with E-state index in [4.69, 9.17) is 61.4 Å². The summed E-state index contributed by atoms with van der Waals surface area (Å²) >= 11 is 6.42. The molecule has 0 radical (unpaired) electrons. The summed E-state index contributed by atoms with van der Waals surface area (Å²) in [5.74, 6) is -1.67. The maximum Gasteiger partial charge on any atom is 0.498 e. The molecule has 18 rings (SSSR count). The number of aryl methyl sites for hydroxylation is 6. The summed E-state index contributed by atoms with van der Waals surface area (Å²) in [6.07, 6.45) is 19.6. The van der Waals surface area contributed by atoms with Crippen LogP contribution < -0.4 is 33.9 Å². The van der Waals surface area contributed by atoms with Crippen LogP contribution in [0.25, 0.3) is 122 Å². The van der Waals surface area contributed by atoms with Crippen molar-refractivity contribution < 1.29 is 65.5 Å². The number of carbonyl (C=O) groups is 4. The van der Waals surface area contributed by atoms with Crippen molar-refractivity contribution in [2.45, 2.75) is 151 Å². The number of carboxylic acids is 1. The molecule has 712 valence electrons. The Kier molecular flexibility index (Phi) is 33.2. The zero-order valence-corrected chi connectivity index (χ0v) is 80.6. The molecule has 12 heterocycles. The summed E-state index contributed by atoms with van der Waals surface area (Å²) < 4.78 is 79.2. The Labute approximate surface area is 812 Å². The van der Waals surface area contributed by atoms with Gasteiger partial charge in [0.05, 0.1) is 119 Å². The third-order valence-corrected chi connectivity index (χ3v) is 24.5. The van der Waals surface area contributed by atoms with Crippen LogP contribution in [0.3, 0.4) is 0 Å². The molecule has 2 aliphatic heterocycles. The highest BCUT2D eigenvalue weighted by atomic mass is 79.9. The monoisotopic (exact) mass is 2000 g/mol. The minimum atomic E-state index is -0.758. The van der Waals surface area contributed by atoms with E-state index in [-0.39, 0.29) is 85.6 Å².